The fraction of sp³-hybridized carbons (Fsp3) is 0.750. The second kappa shape index (κ2) is 7.85. The summed E-state index contributed by atoms with van der Waals surface area (Å²) >= 11 is 0. The van der Waals surface area contributed by atoms with E-state index in [9.17, 15) is 18.0 Å². The van der Waals surface area contributed by atoms with Gasteiger partial charge in [-0.1, -0.05) is 6.42 Å². The number of hydrogen-bond acceptors (Lipinski definition) is 5. The highest BCUT2D eigenvalue weighted by molar-refractivity contribution is 7.88. The van der Waals surface area contributed by atoms with Crippen LogP contribution in [0.15, 0.2) is 0 Å². The van der Waals surface area contributed by atoms with Crippen molar-refractivity contribution < 1.29 is 27.9 Å². The van der Waals surface area contributed by atoms with Gasteiger partial charge < -0.3 is 9.84 Å². The summed E-state index contributed by atoms with van der Waals surface area (Å²) in [6.07, 6.45) is 0.570. The standard InChI is InChI=1S/C8H16N2O6S/c1-16-8(13)10-17(14,15)9-6-4-2-3-5-7(11)12/h9H,2-6H2,1H3,(H,10,13)(H,11,12). The predicted octanol–water partition coefficient (Wildman–Crippen LogP) is -0.178. The van der Waals surface area contributed by atoms with E-state index in [1.165, 1.54) is 0 Å². The maximum atomic E-state index is 11.1. The Balaban J connectivity index is 3.66. The first-order chi connectivity index (χ1) is 7.87. The minimum Gasteiger partial charge on any atom is -0.481 e. The molecule has 0 aromatic carbocycles. The lowest BCUT2D eigenvalue weighted by atomic mass is 10.2. The topological polar surface area (TPSA) is 122 Å². The molecule has 0 aliphatic heterocycles. The number of unbranched alkanes of at least 4 members (excludes halogenated alkanes) is 2. The fourth-order valence-electron chi connectivity index (χ4n) is 0.972. The number of hydrogen-bond donors (Lipinski definition) is 3. The van der Waals surface area contributed by atoms with Crippen molar-refractivity contribution >= 4 is 22.3 Å². The molecule has 0 bridgehead atoms. The highest BCUT2D eigenvalue weighted by Crippen LogP contribution is 1.98. The van der Waals surface area contributed by atoms with Crippen LogP contribution in [0.2, 0.25) is 0 Å². The zero-order chi connectivity index (χ0) is 13.3. The van der Waals surface area contributed by atoms with Crippen molar-refractivity contribution in [2.75, 3.05) is 13.7 Å². The Kier molecular flexibility index (Phi) is 7.22. The van der Waals surface area contributed by atoms with Crippen molar-refractivity contribution in [3.8, 4) is 0 Å². The second-order valence-corrected chi connectivity index (χ2v) is 4.70. The van der Waals surface area contributed by atoms with Gasteiger partial charge in [0.25, 0.3) is 0 Å². The Bertz CT molecular complexity index is 353. The average molecular weight is 268 g/mol. The van der Waals surface area contributed by atoms with Gasteiger partial charge in [-0.3, -0.25) is 4.79 Å². The van der Waals surface area contributed by atoms with E-state index in [2.05, 4.69) is 9.46 Å². The van der Waals surface area contributed by atoms with Gasteiger partial charge in [-0.15, -0.1) is 0 Å². The lowest BCUT2D eigenvalue weighted by molar-refractivity contribution is -0.137. The van der Waals surface area contributed by atoms with Crippen LogP contribution in [-0.2, 0) is 19.7 Å². The van der Waals surface area contributed by atoms with Crippen molar-refractivity contribution in [2.45, 2.75) is 25.7 Å². The number of aliphatic carboxylic acids is 1. The molecule has 9 heteroatoms. The maximum absolute atomic E-state index is 11.1. The fourth-order valence-corrected chi connectivity index (χ4v) is 1.76. The lowest BCUT2D eigenvalue weighted by Gasteiger charge is -2.06. The summed E-state index contributed by atoms with van der Waals surface area (Å²) in [5.74, 6) is -0.877. The molecule has 3 N–H and O–H groups in total. The van der Waals surface area contributed by atoms with E-state index in [-0.39, 0.29) is 13.0 Å². The molecule has 0 aliphatic rings. The van der Waals surface area contributed by atoms with E-state index < -0.39 is 22.3 Å². The monoisotopic (exact) mass is 268 g/mol. The van der Waals surface area contributed by atoms with Crippen molar-refractivity contribution in [3.63, 3.8) is 0 Å². The summed E-state index contributed by atoms with van der Waals surface area (Å²) in [5.41, 5.74) is 0. The molecule has 0 radical (unpaired) electrons. The second-order valence-electron chi connectivity index (χ2n) is 3.20. The quantitative estimate of drug-likeness (QED) is 0.525. The number of ether oxygens (including phenoxy) is 1. The molecule has 0 fully saturated rings. The molecule has 0 aromatic rings. The van der Waals surface area contributed by atoms with Gasteiger partial charge in [0.05, 0.1) is 7.11 Å². The first-order valence-corrected chi connectivity index (χ1v) is 6.43. The highest BCUT2D eigenvalue weighted by atomic mass is 32.2. The van der Waals surface area contributed by atoms with Crippen molar-refractivity contribution in [1.29, 1.82) is 0 Å². The number of amides is 1. The van der Waals surface area contributed by atoms with Gasteiger partial charge in [-0.05, 0) is 12.8 Å². The van der Waals surface area contributed by atoms with Crippen LogP contribution in [-0.4, -0.2) is 39.2 Å². The SMILES string of the molecule is COC(=O)NS(=O)(=O)NCCCCCC(=O)O. The van der Waals surface area contributed by atoms with Gasteiger partial charge >= 0.3 is 22.3 Å². The molecule has 0 saturated heterocycles. The molecule has 1 amide bonds. The average Bonchev–Trinajstić information content (AvgIpc) is 2.22. The van der Waals surface area contributed by atoms with Crippen LogP contribution >= 0.6 is 0 Å². The van der Waals surface area contributed by atoms with E-state index in [4.69, 9.17) is 5.11 Å². The Hall–Kier alpha value is -1.35. The Morgan fingerprint density at radius 2 is 1.88 bits per heavy atom. The van der Waals surface area contributed by atoms with Gasteiger partial charge in [0.2, 0.25) is 0 Å². The van der Waals surface area contributed by atoms with Gasteiger partial charge in [0.15, 0.2) is 0 Å². The number of nitrogens with one attached hydrogen (secondary N) is 2. The summed E-state index contributed by atoms with van der Waals surface area (Å²) in [4.78, 5) is 20.8. The Labute approximate surface area is 99.5 Å². The molecule has 0 rings (SSSR count). The third-order valence-corrected chi connectivity index (χ3v) is 2.78. The summed E-state index contributed by atoms with van der Waals surface area (Å²) in [6.45, 7) is 0.131. The number of methoxy groups -OCH3 is 1. The van der Waals surface area contributed by atoms with Crippen molar-refractivity contribution in [1.82, 2.24) is 9.44 Å². The largest absolute Gasteiger partial charge is 0.481 e. The smallest absolute Gasteiger partial charge is 0.421 e. The predicted molar refractivity (Wildman–Crippen MR) is 58.6 cm³/mol. The van der Waals surface area contributed by atoms with E-state index in [1.807, 2.05) is 0 Å². The first-order valence-electron chi connectivity index (χ1n) is 4.94. The number of carboxylic acids is 1. The zero-order valence-corrected chi connectivity index (χ0v) is 10.2. The maximum Gasteiger partial charge on any atom is 0.421 e. The number of carboxylic acid groups (broad SMARTS) is 1. The van der Waals surface area contributed by atoms with Gasteiger partial charge in [-0.25, -0.2) is 9.52 Å². The molecular formula is C8H16N2O6S. The summed E-state index contributed by atoms with van der Waals surface area (Å²) < 4.78 is 30.1. The summed E-state index contributed by atoms with van der Waals surface area (Å²) in [7, 11) is -2.83. The van der Waals surface area contributed by atoms with Crippen LogP contribution in [0.25, 0.3) is 0 Å². The van der Waals surface area contributed by atoms with Crippen molar-refractivity contribution in [2.24, 2.45) is 0 Å². The van der Waals surface area contributed by atoms with Crippen LogP contribution in [0.4, 0.5) is 4.79 Å². The zero-order valence-electron chi connectivity index (χ0n) is 9.43. The van der Waals surface area contributed by atoms with E-state index in [0.717, 1.165) is 7.11 Å². The number of carbonyl (C=O) groups is 2. The minimum absolute atomic E-state index is 0.0627. The lowest BCUT2D eigenvalue weighted by Crippen LogP contribution is -2.40. The van der Waals surface area contributed by atoms with E-state index in [1.54, 1.807) is 4.72 Å². The Morgan fingerprint density at radius 3 is 2.41 bits per heavy atom. The molecule has 0 unspecified atom stereocenters. The molecule has 0 saturated carbocycles. The molecular weight excluding hydrogens is 252 g/mol. The van der Waals surface area contributed by atoms with Crippen LogP contribution in [0.3, 0.4) is 0 Å². The molecule has 0 aromatic heterocycles. The summed E-state index contributed by atoms with van der Waals surface area (Å²) in [5, 5.41) is 8.35. The molecule has 0 aliphatic carbocycles. The number of rotatable bonds is 8. The Morgan fingerprint density at radius 1 is 1.24 bits per heavy atom. The van der Waals surface area contributed by atoms with E-state index >= 15 is 0 Å². The first kappa shape index (κ1) is 15.7. The van der Waals surface area contributed by atoms with Gasteiger partial charge in [-0.2, -0.15) is 13.1 Å². The normalized spacial score (nSPS) is 10.9. The summed E-state index contributed by atoms with van der Waals surface area (Å²) in [6, 6.07) is 0. The molecule has 0 heterocycles. The van der Waals surface area contributed by atoms with Crippen LogP contribution in [0, 0.1) is 0 Å². The molecule has 17 heavy (non-hydrogen) atoms. The molecule has 8 nitrogen and oxygen atoms in total. The minimum atomic E-state index is -3.89. The number of carbonyl (C=O) groups excluding carboxylic acids is 1. The van der Waals surface area contributed by atoms with Gasteiger partial charge in [0, 0.05) is 13.0 Å². The van der Waals surface area contributed by atoms with Crippen LogP contribution in [0.5, 0.6) is 0 Å². The van der Waals surface area contributed by atoms with Crippen LogP contribution in [0.1, 0.15) is 25.7 Å². The van der Waals surface area contributed by atoms with E-state index in [0.29, 0.717) is 19.3 Å². The third-order valence-electron chi connectivity index (χ3n) is 1.76. The van der Waals surface area contributed by atoms with Crippen LogP contribution < -0.4 is 9.44 Å². The van der Waals surface area contributed by atoms with Crippen molar-refractivity contribution in [3.05, 3.63) is 0 Å². The highest BCUT2D eigenvalue weighted by Gasteiger charge is 2.12. The molecule has 100 valence electrons. The molecule has 0 atom stereocenters. The van der Waals surface area contributed by atoms with Gasteiger partial charge in [0.1, 0.15) is 0 Å². The third kappa shape index (κ3) is 9.57. The molecule has 0 spiro atoms.